The highest BCUT2D eigenvalue weighted by Crippen LogP contribution is 2.37. The average molecular weight is 357 g/mol. The van der Waals surface area contributed by atoms with Gasteiger partial charge in [0.2, 0.25) is 0 Å². The molecule has 0 saturated carbocycles. The minimum Gasteiger partial charge on any atom is -0.465 e. The van der Waals surface area contributed by atoms with Gasteiger partial charge in [0.1, 0.15) is 11.3 Å². The number of aromatic nitrogens is 1. The first-order valence-electron chi connectivity index (χ1n) is 5.57. The number of halogens is 1. The molecule has 9 heteroatoms. The minimum atomic E-state index is -0.872. The molecule has 0 aliphatic carbocycles. The van der Waals surface area contributed by atoms with Crippen molar-refractivity contribution in [3.05, 3.63) is 38.0 Å². The summed E-state index contributed by atoms with van der Waals surface area (Å²) in [4.78, 5) is 36.9. The number of methoxy groups -OCH3 is 2. The van der Waals surface area contributed by atoms with Gasteiger partial charge in [0, 0.05) is 0 Å². The van der Waals surface area contributed by atoms with Crippen LogP contribution in [0.1, 0.15) is 20.8 Å². The molecule has 1 heterocycles. The standard InChI is InChI=1S/C12H9BrN2O6/c1-20-11(16)8-7-6(14-9(8)12(17)21-2)4-3-5(13)10(7)15(18)19/h3-4,14H,1-2H3. The molecule has 0 aliphatic heterocycles. The first-order chi connectivity index (χ1) is 9.92. The maximum atomic E-state index is 11.9. The molecule has 2 rings (SSSR count). The molecule has 21 heavy (non-hydrogen) atoms. The zero-order valence-corrected chi connectivity index (χ0v) is 12.5. The summed E-state index contributed by atoms with van der Waals surface area (Å²) >= 11 is 3.06. The summed E-state index contributed by atoms with van der Waals surface area (Å²) in [6.07, 6.45) is 0. The van der Waals surface area contributed by atoms with E-state index in [9.17, 15) is 19.7 Å². The second kappa shape index (κ2) is 5.52. The molecular formula is C12H9BrN2O6. The maximum Gasteiger partial charge on any atom is 0.355 e. The van der Waals surface area contributed by atoms with E-state index in [1.54, 1.807) is 0 Å². The molecule has 1 aromatic heterocycles. The van der Waals surface area contributed by atoms with Crippen molar-refractivity contribution in [2.75, 3.05) is 14.2 Å². The number of ether oxygens (including phenoxy) is 2. The van der Waals surface area contributed by atoms with Gasteiger partial charge < -0.3 is 14.5 Å². The van der Waals surface area contributed by atoms with Crippen LogP contribution in [0.25, 0.3) is 10.9 Å². The fourth-order valence-corrected chi connectivity index (χ4v) is 2.46. The Hall–Kier alpha value is -2.42. The topological polar surface area (TPSA) is 112 Å². The molecule has 0 saturated heterocycles. The number of carbonyl (C=O) groups is 2. The van der Waals surface area contributed by atoms with Crippen LogP contribution in [-0.4, -0.2) is 36.1 Å². The second-order valence-electron chi connectivity index (χ2n) is 3.93. The molecule has 0 aliphatic rings. The van der Waals surface area contributed by atoms with Crippen LogP contribution in [0.2, 0.25) is 0 Å². The van der Waals surface area contributed by atoms with E-state index in [2.05, 4.69) is 30.4 Å². The van der Waals surface area contributed by atoms with Crippen LogP contribution in [0, 0.1) is 10.1 Å². The number of hydrogen-bond donors (Lipinski definition) is 1. The van der Waals surface area contributed by atoms with E-state index in [4.69, 9.17) is 0 Å². The van der Waals surface area contributed by atoms with Crippen molar-refractivity contribution >= 4 is 44.5 Å². The molecule has 0 radical (unpaired) electrons. The normalized spacial score (nSPS) is 10.4. The van der Waals surface area contributed by atoms with Crippen molar-refractivity contribution in [2.45, 2.75) is 0 Å². The quantitative estimate of drug-likeness (QED) is 0.513. The van der Waals surface area contributed by atoms with E-state index in [1.165, 1.54) is 12.1 Å². The maximum absolute atomic E-state index is 11.9. The Morgan fingerprint density at radius 2 is 1.86 bits per heavy atom. The molecule has 1 N–H and O–H groups in total. The number of hydrogen-bond acceptors (Lipinski definition) is 6. The zero-order valence-electron chi connectivity index (χ0n) is 10.9. The third-order valence-electron chi connectivity index (χ3n) is 2.85. The number of aromatic amines is 1. The lowest BCUT2D eigenvalue weighted by atomic mass is 10.1. The smallest absolute Gasteiger partial charge is 0.355 e. The number of fused-ring (bicyclic) bond motifs is 1. The molecule has 0 fully saturated rings. The van der Waals surface area contributed by atoms with E-state index in [0.717, 1.165) is 14.2 Å². The first-order valence-corrected chi connectivity index (χ1v) is 6.36. The van der Waals surface area contributed by atoms with Crippen molar-refractivity contribution in [1.29, 1.82) is 0 Å². The number of nitrogens with one attached hydrogen (secondary N) is 1. The van der Waals surface area contributed by atoms with Crippen LogP contribution in [-0.2, 0) is 9.47 Å². The number of rotatable bonds is 3. The molecular weight excluding hydrogens is 348 g/mol. The molecule has 8 nitrogen and oxygen atoms in total. The SMILES string of the molecule is COC(=O)c1[nH]c2ccc(Br)c([N+](=O)[O-])c2c1C(=O)OC. The number of nitro groups is 1. The summed E-state index contributed by atoms with van der Waals surface area (Å²) in [5.74, 6) is -1.69. The number of nitro benzene ring substituents is 1. The number of benzene rings is 1. The largest absolute Gasteiger partial charge is 0.465 e. The van der Waals surface area contributed by atoms with Gasteiger partial charge in [-0.3, -0.25) is 10.1 Å². The Morgan fingerprint density at radius 3 is 2.38 bits per heavy atom. The molecule has 2 aromatic rings. The Bertz CT molecular complexity index is 767. The Labute approximate surface area is 126 Å². The Kier molecular flexibility index (Phi) is 3.94. The van der Waals surface area contributed by atoms with Crippen molar-refractivity contribution in [3.8, 4) is 0 Å². The Morgan fingerprint density at radius 1 is 1.24 bits per heavy atom. The van der Waals surface area contributed by atoms with Crippen molar-refractivity contribution in [3.63, 3.8) is 0 Å². The van der Waals surface area contributed by atoms with Crippen molar-refractivity contribution < 1.29 is 24.0 Å². The fourth-order valence-electron chi connectivity index (χ4n) is 1.98. The van der Waals surface area contributed by atoms with Gasteiger partial charge >= 0.3 is 11.9 Å². The van der Waals surface area contributed by atoms with E-state index in [-0.39, 0.29) is 32.3 Å². The van der Waals surface area contributed by atoms with E-state index in [1.807, 2.05) is 0 Å². The van der Waals surface area contributed by atoms with Crippen molar-refractivity contribution in [1.82, 2.24) is 4.98 Å². The molecule has 1 aromatic carbocycles. The van der Waals surface area contributed by atoms with Gasteiger partial charge in [-0.25, -0.2) is 9.59 Å². The van der Waals surface area contributed by atoms with Gasteiger partial charge in [-0.2, -0.15) is 0 Å². The van der Waals surface area contributed by atoms with Crippen LogP contribution in [0.4, 0.5) is 5.69 Å². The van der Waals surface area contributed by atoms with Gasteiger partial charge in [0.05, 0.1) is 34.5 Å². The number of nitrogens with zero attached hydrogens (tertiary/aromatic N) is 1. The number of carbonyl (C=O) groups excluding carboxylic acids is 2. The minimum absolute atomic E-state index is 0.0124. The molecule has 0 bridgehead atoms. The number of H-pyrrole nitrogens is 1. The summed E-state index contributed by atoms with van der Waals surface area (Å²) in [5, 5.41) is 11.2. The highest BCUT2D eigenvalue weighted by molar-refractivity contribution is 9.10. The average Bonchev–Trinajstić information content (AvgIpc) is 2.84. The Balaban J connectivity index is 2.96. The van der Waals surface area contributed by atoms with Crippen LogP contribution >= 0.6 is 15.9 Å². The van der Waals surface area contributed by atoms with Crippen molar-refractivity contribution in [2.24, 2.45) is 0 Å². The predicted octanol–water partition coefficient (Wildman–Crippen LogP) is 2.41. The lowest BCUT2D eigenvalue weighted by molar-refractivity contribution is -0.383. The van der Waals surface area contributed by atoms with Crippen LogP contribution in [0.3, 0.4) is 0 Å². The van der Waals surface area contributed by atoms with E-state index >= 15 is 0 Å². The van der Waals surface area contributed by atoms with Crippen LogP contribution < -0.4 is 0 Å². The molecule has 110 valence electrons. The molecule has 0 unspecified atom stereocenters. The molecule has 0 atom stereocenters. The summed E-state index contributed by atoms with van der Waals surface area (Å²) in [6, 6.07) is 2.95. The zero-order chi connectivity index (χ0) is 15.7. The van der Waals surface area contributed by atoms with Gasteiger partial charge in [0.25, 0.3) is 5.69 Å². The highest BCUT2D eigenvalue weighted by atomic mass is 79.9. The number of esters is 2. The third kappa shape index (κ3) is 2.35. The van der Waals surface area contributed by atoms with Gasteiger partial charge in [-0.15, -0.1) is 0 Å². The second-order valence-corrected chi connectivity index (χ2v) is 4.79. The summed E-state index contributed by atoms with van der Waals surface area (Å²) in [6.45, 7) is 0. The first kappa shape index (κ1) is 15.0. The predicted molar refractivity (Wildman–Crippen MR) is 75.3 cm³/mol. The summed E-state index contributed by atoms with van der Waals surface area (Å²) in [7, 11) is 2.26. The fraction of sp³-hybridized carbons (Fsp3) is 0.167. The monoisotopic (exact) mass is 356 g/mol. The van der Waals surface area contributed by atoms with Gasteiger partial charge in [-0.1, -0.05) is 0 Å². The third-order valence-corrected chi connectivity index (χ3v) is 3.49. The van der Waals surface area contributed by atoms with Gasteiger partial charge in [-0.05, 0) is 28.1 Å². The van der Waals surface area contributed by atoms with Crippen LogP contribution in [0.15, 0.2) is 16.6 Å². The van der Waals surface area contributed by atoms with E-state index in [0.29, 0.717) is 0 Å². The highest BCUT2D eigenvalue weighted by Gasteiger charge is 2.31. The lowest BCUT2D eigenvalue weighted by Gasteiger charge is -2.02. The van der Waals surface area contributed by atoms with Crippen LogP contribution in [0.5, 0.6) is 0 Å². The van der Waals surface area contributed by atoms with Gasteiger partial charge in [0.15, 0.2) is 0 Å². The molecule has 0 spiro atoms. The lowest BCUT2D eigenvalue weighted by Crippen LogP contribution is -2.11. The van der Waals surface area contributed by atoms with E-state index < -0.39 is 16.9 Å². The summed E-state index contributed by atoms with van der Waals surface area (Å²) in [5.41, 5.74) is -0.502. The molecule has 0 amide bonds. The summed E-state index contributed by atoms with van der Waals surface area (Å²) < 4.78 is 9.36.